The molecule has 1 heterocycles. The Kier molecular flexibility index (Phi) is 13.1. The first-order valence-electron chi connectivity index (χ1n) is 13.8. The van der Waals surface area contributed by atoms with Gasteiger partial charge in [0.05, 0.1) is 23.6 Å². The van der Waals surface area contributed by atoms with Crippen molar-refractivity contribution >= 4 is 23.6 Å². The van der Waals surface area contributed by atoms with Gasteiger partial charge < -0.3 is 35.7 Å². The number of primary amides is 1. The molecule has 2 rings (SSSR count). The summed E-state index contributed by atoms with van der Waals surface area (Å²) < 4.78 is 16.6. The number of aliphatic hydroxyl groups excluding tert-OH is 1. The summed E-state index contributed by atoms with van der Waals surface area (Å²) in [5, 5.41) is 16.7. The number of Topliss-reactive ketones (excluding diaryl/α,β-unsaturated/α-hetero) is 1. The molecule has 5 N–H and O–H groups in total. The monoisotopic (exact) mass is 585 g/mol. The van der Waals surface area contributed by atoms with Crippen molar-refractivity contribution in [3.8, 4) is 0 Å². The lowest BCUT2D eigenvalue weighted by molar-refractivity contribution is -0.120. The number of hydrogen-bond acceptors (Lipinski definition) is 9. The van der Waals surface area contributed by atoms with Crippen molar-refractivity contribution in [2.45, 2.75) is 65.0 Å². The molecule has 1 aliphatic carbocycles. The van der Waals surface area contributed by atoms with E-state index in [0.29, 0.717) is 12.0 Å². The average Bonchev–Trinajstić information content (AvgIpc) is 2.94. The Balaban J connectivity index is 2.62. The summed E-state index contributed by atoms with van der Waals surface area (Å²) in [4.78, 5) is 51.3. The van der Waals surface area contributed by atoms with E-state index < -0.39 is 53.9 Å². The molecular formula is C31H43N3O8. The molecule has 6 atom stereocenters. The predicted molar refractivity (Wildman–Crippen MR) is 158 cm³/mol. The molecule has 1 aliphatic heterocycles. The van der Waals surface area contributed by atoms with Gasteiger partial charge in [-0.25, -0.2) is 4.79 Å². The fraction of sp³-hybridized carbons (Fsp3) is 0.484. The van der Waals surface area contributed by atoms with E-state index >= 15 is 0 Å². The van der Waals surface area contributed by atoms with Crippen molar-refractivity contribution in [1.82, 2.24) is 10.6 Å². The van der Waals surface area contributed by atoms with Crippen LogP contribution in [0.25, 0.3) is 0 Å². The highest BCUT2D eigenvalue weighted by molar-refractivity contribution is 6.23. The van der Waals surface area contributed by atoms with Gasteiger partial charge >= 0.3 is 6.09 Å². The summed E-state index contributed by atoms with van der Waals surface area (Å²) in [6.45, 7) is 10.9. The van der Waals surface area contributed by atoms with E-state index in [0.717, 1.165) is 6.08 Å². The Morgan fingerprint density at radius 2 is 1.90 bits per heavy atom. The molecule has 230 valence electrons. The number of nitrogens with two attached hydrogens (primary N) is 1. The van der Waals surface area contributed by atoms with Gasteiger partial charge in [-0.05, 0) is 38.2 Å². The SMILES string of the molecule is C=CCNC1=C2C[C@@H](C)CC(OC)C(O)C(C)/C=C(\C)C(OC(N)=O)C(OC)/C=C\C=C(/C)C(=O)NC(=CC1=O)C2=O. The molecule has 0 aromatic rings. The number of hydrogen-bond donors (Lipinski definition) is 4. The molecule has 0 saturated heterocycles. The summed E-state index contributed by atoms with van der Waals surface area (Å²) in [6, 6.07) is 0. The number of allylic oxidation sites excluding steroid dienone is 4. The van der Waals surface area contributed by atoms with Crippen LogP contribution in [-0.2, 0) is 28.6 Å². The molecule has 5 unspecified atom stereocenters. The maximum absolute atomic E-state index is 13.5. The third-order valence-electron chi connectivity index (χ3n) is 7.22. The molecular weight excluding hydrogens is 542 g/mol. The second-order valence-electron chi connectivity index (χ2n) is 10.6. The van der Waals surface area contributed by atoms with E-state index in [2.05, 4.69) is 17.2 Å². The molecule has 2 aliphatic rings. The van der Waals surface area contributed by atoms with E-state index in [1.54, 1.807) is 45.1 Å². The van der Waals surface area contributed by atoms with E-state index in [9.17, 15) is 24.3 Å². The highest BCUT2D eigenvalue weighted by atomic mass is 16.6. The Labute approximate surface area is 247 Å². The number of ketones is 2. The van der Waals surface area contributed by atoms with Crippen LogP contribution in [0.15, 0.2) is 71.1 Å². The second kappa shape index (κ2) is 16.0. The number of aliphatic hydroxyl groups is 1. The molecule has 11 heteroatoms. The summed E-state index contributed by atoms with van der Waals surface area (Å²) in [7, 11) is 2.92. The summed E-state index contributed by atoms with van der Waals surface area (Å²) in [5.41, 5.74) is 6.42. The molecule has 11 nitrogen and oxygen atoms in total. The molecule has 0 spiro atoms. The van der Waals surface area contributed by atoms with Gasteiger partial charge in [0.25, 0.3) is 5.91 Å². The van der Waals surface area contributed by atoms with E-state index in [-0.39, 0.29) is 41.4 Å². The van der Waals surface area contributed by atoms with Crippen molar-refractivity contribution in [3.63, 3.8) is 0 Å². The molecule has 0 aromatic carbocycles. The molecule has 0 fully saturated rings. The van der Waals surface area contributed by atoms with Crippen LogP contribution in [0.2, 0.25) is 0 Å². The lowest BCUT2D eigenvalue weighted by atomic mass is 9.85. The summed E-state index contributed by atoms with van der Waals surface area (Å²) in [5.74, 6) is -2.14. The number of ether oxygens (including phenoxy) is 3. The standard InChI is InChI=1S/C31H43N3O8/c1-8-12-33-26-21-13-17(2)14-25(41-7)27(36)19(4)15-20(5)29(42-31(32)39)24(40-6)11-9-10-18(3)30(38)34-22(28(21)37)16-23(26)35/h8-11,15-17,19,24-25,27,29,33,36H,1,12-14H2,2-7H3,(H2,32,39)(H,34,38)/b11-9-,18-10+,20-15+/t17-,19?,24?,25?,27?,29?/m1/s1. The summed E-state index contributed by atoms with van der Waals surface area (Å²) >= 11 is 0. The maximum atomic E-state index is 13.5. The number of methoxy groups -OCH3 is 2. The number of amides is 2. The van der Waals surface area contributed by atoms with Crippen LogP contribution < -0.4 is 16.4 Å². The van der Waals surface area contributed by atoms with Gasteiger partial charge in [-0.3, -0.25) is 14.4 Å². The lowest BCUT2D eigenvalue weighted by Crippen LogP contribution is -2.37. The third-order valence-corrected chi connectivity index (χ3v) is 7.22. The Hall–Kier alpha value is -3.80. The Bertz CT molecular complexity index is 1210. The number of rotatable bonds is 6. The highest BCUT2D eigenvalue weighted by Gasteiger charge is 2.33. The lowest BCUT2D eigenvalue weighted by Gasteiger charge is -2.30. The second-order valence-corrected chi connectivity index (χ2v) is 10.6. The van der Waals surface area contributed by atoms with Crippen molar-refractivity contribution in [2.24, 2.45) is 17.6 Å². The van der Waals surface area contributed by atoms with Crippen LogP contribution in [0, 0.1) is 11.8 Å². The minimum Gasteiger partial charge on any atom is -0.439 e. The van der Waals surface area contributed by atoms with E-state index in [4.69, 9.17) is 19.9 Å². The van der Waals surface area contributed by atoms with Crippen LogP contribution in [0.1, 0.15) is 40.5 Å². The Morgan fingerprint density at radius 3 is 2.50 bits per heavy atom. The molecule has 42 heavy (non-hydrogen) atoms. The molecule has 0 radical (unpaired) electrons. The van der Waals surface area contributed by atoms with Crippen LogP contribution in [0.4, 0.5) is 4.79 Å². The minimum atomic E-state index is -1.00. The topological polar surface area (TPSA) is 166 Å². The number of carbonyl (C=O) groups excluding carboxylic acids is 4. The van der Waals surface area contributed by atoms with Gasteiger partial charge in [-0.2, -0.15) is 0 Å². The van der Waals surface area contributed by atoms with Crippen molar-refractivity contribution in [1.29, 1.82) is 0 Å². The fourth-order valence-electron chi connectivity index (χ4n) is 4.95. The molecule has 2 bridgehead atoms. The zero-order valence-corrected chi connectivity index (χ0v) is 25.1. The third kappa shape index (κ3) is 9.10. The van der Waals surface area contributed by atoms with E-state index in [1.165, 1.54) is 20.3 Å². The Morgan fingerprint density at radius 1 is 1.21 bits per heavy atom. The molecule has 2 amide bonds. The van der Waals surface area contributed by atoms with Crippen LogP contribution in [-0.4, -0.2) is 73.9 Å². The zero-order valence-electron chi connectivity index (χ0n) is 25.1. The summed E-state index contributed by atoms with van der Waals surface area (Å²) in [6.07, 6.45) is 5.34. The minimum absolute atomic E-state index is 0.132. The predicted octanol–water partition coefficient (Wildman–Crippen LogP) is 2.54. The van der Waals surface area contributed by atoms with Gasteiger partial charge in [-0.1, -0.05) is 44.2 Å². The maximum Gasteiger partial charge on any atom is 0.405 e. The zero-order chi connectivity index (χ0) is 31.6. The first-order chi connectivity index (χ1) is 19.8. The molecule has 0 saturated carbocycles. The van der Waals surface area contributed by atoms with Gasteiger partial charge in [0.1, 0.15) is 6.10 Å². The van der Waals surface area contributed by atoms with Crippen molar-refractivity contribution in [3.05, 3.63) is 71.1 Å². The normalized spacial score (nSPS) is 31.6. The van der Waals surface area contributed by atoms with E-state index in [1.807, 2.05) is 6.92 Å². The number of fused-ring (bicyclic) bond motifs is 2. The van der Waals surface area contributed by atoms with Gasteiger partial charge in [-0.15, -0.1) is 6.58 Å². The largest absolute Gasteiger partial charge is 0.439 e. The fourth-order valence-corrected chi connectivity index (χ4v) is 4.95. The smallest absolute Gasteiger partial charge is 0.405 e. The highest BCUT2D eigenvalue weighted by Crippen LogP contribution is 2.28. The van der Waals surface area contributed by atoms with Gasteiger partial charge in [0.2, 0.25) is 11.6 Å². The molecule has 0 aromatic heterocycles. The van der Waals surface area contributed by atoms with Gasteiger partial charge in [0.15, 0.2) is 6.10 Å². The number of carbonyl (C=O) groups is 4. The van der Waals surface area contributed by atoms with Crippen molar-refractivity contribution < 1.29 is 38.5 Å². The van der Waals surface area contributed by atoms with Crippen molar-refractivity contribution in [2.75, 3.05) is 20.8 Å². The first kappa shape index (κ1) is 34.4. The quantitative estimate of drug-likeness (QED) is 0.271. The van der Waals surface area contributed by atoms with Crippen LogP contribution in [0.3, 0.4) is 0 Å². The van der Waals surface area contributed by atoms with Crippen LogP contribution >= 0.6 is 0 Å². The average molecular weight is 586 g/mol. The first-order valence-corrected chi connectivity index (χ1v) is 13.8. The van der Waals surface area contributed by atoms with Gasteiger partial charge in [0, 0.05) is 43.9 Å². The number of nitrogens with one attached hydrogen (secondary N) is 2. The van der Waals surface area contributed by atoms with Crippen LogP contribution in [0.5, 0.6) is 0 Å².